The van der Waals surface area contributed by atoms with Gasteiger partial charge in [-0.25, -0.2) is 0 Å². The van der Waals surface area contributed by atoms with Gasteiger partial charge in [0.15, 0.2) is 0 Å². The molecule has 2 aliphatic rings. The molecule has 0 spiro atoms. The van der Waals surface area contributed by atoms with Crippen LogP contribution in [0.15, 0.2) is 158 Å². The Morgan fingerprint density at radius 3 is 1.88 bits per heavy atom. The summed E-state index contributed by atoms with van der Waals surface area (Å²) in [4.78, 5) is 0. The third-order valence-corrected chi connectivity index (χ3v) is 11.2. The predicted molar refractivity (Wildman–Crippen MR) is 201 cm³/mol. The molecule has 0 radical (unpaired) electrons. The first-order valence-electron chi connectivity index (χ1n) is 17.1. The minimum absolute atomic E-state index is 0.127. The van der Waals surface area contributed by atoms with Crippen LogP contribution < -0.4 is 0 Å². The first kappa shape index (κ1) is 27.5. The Hall–Kier alpha value is -5.66. The van der Waals surface area contributed by atoms with E-state index in [1.807, 2.05) is 0 Å². The highest BCUT2D eigenvalue weighted by Crippen LogP contribution is 2.54. The number of nitrogens with zero attached hydrogens (tertiary/aromatic N) is 1. The molecule has 228 valence electrons. The van der Waals surface area contributed by atoms with Gasteiger partial charge in [-0.2, -0.15) is 0 Å². The summed E-state index contributed by atoms with van der Waals surface area (Å²) in [5.74, 6) is 0.295. The van der Waals surface area contributed by atoms with Crippen LogP contribution in [-0.2, 0) is 11.8 Å². The van der Waals surface area contributed by atoms with Crippen LogP contribution in [0.25, 0.3) is 60.9 Å². The Morgan fingerprint density at radius 2 is 1.12 bits per heavy atom. The molecule has 1 unspecified atom stereocenters. The Morgan fingerprint density at radius 1 is 0.479 bits per heavy atom. The standard InChI is InChI=1S/C47H35N/c1-47(2)43-21-13-12-20-35(43)37-27-40-36(25-33(26-44(40)47)31-16-8-4-9-17-31)39-29-46-42(28-38(37)39)41-24-32(30-14-6-3-7-15-30)22-23-45(41)48(46)34-18-10-5-11-19-34/h3-26,28-29,37H,27H2,1-2H3. The molecule has 0 N–H and O–H groups in total. The predicted octanol–water partition coefficient (Wildman–Crippen LogP) is 12.1. The van der Waals surface area contributed by atoms with Crippen molar-refractivity contribution in [3.8, 4) is 39.1 Å². The molecule has 8 aromatic rings. The summed E-state index contributed by atoms with van der Waals surface area (Å²) in [6, 6.07) is 58.8. The largest absolute Gasteiger partial charge is 0.309 e. The van der Waals surface area contributed by atoms with Crippen molar-refractivity contribution in [1.29, 1.82) is 0 Å². The van der Waals surface area contributed by atoms with Crippen molar-refractivity contribution in [2.24, 2.45) is 0 Å². The van der Waals surface area contributed by atoms with Crippen LogP contribution in [0, 0.1) is 0 Å². The van der Waals surface area contributed by atoms with Crippen molar-refractivity contribution in [1.82, 2.24) is 4.57 Å². The Bertz CT molecular complexity index is 2540. The van der Waals surface area contributed by atoms with E-state index in [0.717, 1.165) is 6.42 Å². The molecule has 0 saturated carbocycles. The maximum Gasteiger partial charge on any atom is 0.0547 e. The maximum absolute atomic E-state index is 2.55. The highest BCUT2D eigenvalue weighted by molar-refractivity contribution is 6.12. The monoisotopic (exact) mass is 613 g/mol. The fraction of sp³-hybridized carbons (Fsp3) is 0.106. The number of hydrogen-bond donors (Lipinski definition) is 0. The number of fused-ring (bicyclic) bond motifs is 9. The van der Waals surface area contributed by atoms with Gasteiger partial charge in [-0.15, -0.1) is 0 Å². The van der Waals surface area contributed by atoms with Gasteiger partial charge in [0.05, 0.1) is 11.0 Å². The summed E-state index contributed by atoms with van der Waals surface area (Å²) in [7, 11) is 0. The third kappa shape index (κ3) is 3.91. The van der Waals surface area contributed by atoms with Gasteiger partial charge in [0.2, 0.25) is 0 Å². The molecule has 1 nitrogen and oxygen atoms in total. The normalized spacial score (nSPS) is 15.6. The minimum atomic E-state index is -0.127. The van der Waals surface area contributed by atoms with E-state index in [1.165, 1.54) is 88.7 Å². The number of aromatic nitrogens is 1. The summed E-state index contributed by atoms with van der Waals surface area (Å²) in [6.07, 6.45) is 1.02. The zero-order valence-corrected chi connectivity index (χ0v) is 27.2. The topological polar surface area (TPSA) is 4.93 Å². The van der Waals surface area contributed by atoms with Gasteiger partial charge in [0, 0.05) is 27.8 Å². The highest BCUT2D eigenvalue weighted by atomic mass is 15.0. The Labute approximate surface area is 281 Å². The molecule has 1 heteroatoms. The van der Waals surface area contributed by atoms with E-state index in [9.17, 15) is 0 Å². The van der Waals surface area contributed by atoms with Crippen molar-refractivity contribution < 1.29 is 0 Å². The van der Waals surface area contributed by atoms with Gasteiger partial charge in [-0.3, -0.25) is 0 Å². The molecular weight excluding hydrogens is 579 g/mol. The summed E-state index contributed by atoms with van der Waals surface area (Å²) < 4.78 is 2.47. The number of hydrogen-bond acceptors (Lipinski definition) is 0. The first-order chi connectivity index (χ1) is 23.6. The molecule has 0 aliphatic heterocycles. The fourth-order valence-corrected chi connectivity index (χ4v) is 8.86. The second kappa shape index (κ2) is 10.2. The van der Waals surface area contributed by atoms with Crippen LogP contribution in [-0.4, -0.2) is 4.57 Å². The third-order valence-electron chi connectivity index (χ3n) is 11.2. The Balaban J connectivity index is 1.34. The lowest BCUT2D eigenvalue weighted by Crippen LogP contribution is -2.21. The zero-order chi connectivity index (χ0) is 32.0. The molecule has 1 aromatic heterocycles. The number of benzene rings is 7. The van der Waals surface area contributed by atoms with Crippen LogP contribution >= 0.6 is 0 Å². The molecule has 1 atom stereocenters. The molecule has 2 bridgehead atoms. The van der Waals surface area contributed by atoms with E-state index in [0.29, 0.717) is 5.92 Å². The number of para-hydroxylation sites is 1. The van der Waals surface area contributed by atoms with Crippen molar-refractivity contribution in [2.45, 2.75) is 31.6 Å². The van der Waals surface area contributed by atoms with E-state index in [-0.39, 0.29) is 5.41 Å². The molecule has 10 rings (SSSR count). The molecule has 1 heterocycles. The molecule has 48 heavy (non-hydrogen) atoms. The van der Waals surface area contributed by atoms with Crippen LogP contribution in [0.1, 0.15) is 47.6 Å². The fourth-order valence-electron chi connectivity index (χ4n) is 8.86. The zero-order valence-electron chi connectivity index (χ0n) is 27.2. The lowest BCUT2D eigenvalue weighted by Gasteiger charge is -2.30. The molecular formula is C47H35N. The van der Waals surface area contributed by atoms with E-state index >= 15 is 0 Å². The van der Waals surface area contributed by atoms with Gasteiger partial charge in [-0.05, 0) is 116 Å². The average molecular weight is 614 g/mol. The smallest absolute Gasteiger partial charge is 0.0547 e. The summed E-state index contributed by atoms with van der Waals surface area (Å²) in [5, 5.41) is 2.61. The average Bonchev–Trinajstić information content (AvgIpc) is 3.42. The van der Waals surface area contributed by atoms with Crippen molar-refractivity contribution in [2.75, 3.05) is 0 Å². The lowest BCUT2D eigenvalue weighted by molar-refractivity contribution is 0.636. The van der Waals surface area contributed by atoms with E-state index in [2.05, 4.69) is 176 Å². The lowest BCUT2D eigenvalue weighted by atomic mass is 9.73. The van der Waals surface area contributed by atoms with E-state index in [4.69, 9.17) is 0 Å². The Kier molecular flexibility index (Phi) is 5.82. The van der Waals surface area contributed by atoms with Crippen LogP contribution in [0.5, 0.6) is 0 Å². The molecule has 7 aromatic carbocycles. The number of rotatable bonds is 3. The van der Waals surface area contributed by atoms with Crippen LogP contribution in [0.2, 0.25) is 0 Å². The second-order valence-corrected chi connectivity index (χ2v) is 14.1. The second-order valence-electron chi connectivity index (χ2n) is 14.1. The minimum Gasteiger partial charge on any atom is -0.309 e. The van der Waals surface area contributed by atoms with Gasteiger partial charge in [0.25, 0.3) is 0 Å². The van der Waals surface area contributed by atoms with Crippen molar-refractivity contribution in [3.05, 3.63) is 186 Å². The van der Waals surface area contributed by atoms with Crippen molar-refractivity contribution >= 4 is 21.8 Å². The molecule has 0 fully saturated rings. The summed E-state index contributed by atoms with van der Waals surface area (Å²) in [6.45, 7) is 4.86. The quantitative estimate of drug-likeness (QED) is 0.187. The van der Waals surface area contributed by atoms with Crippen molar-refractivity contribution in [3.63, 3.8) is 0 Å². The molecule has 0 saturated heterocycles. The van der Waals surface area contributed by atoms with Crippen LogP contribution in [0.3, 0.4) is 0 Å². The van der Waals surface area contributed by atoms with E-state index < -0.39 is 0 Å². The SMILES string of the molecule is CC1(C)c2ccccc2C2Cc3c(cc(-c4ccccc4)cc31)-c1cc3c(cc12)c1cc(-c2ccccc2)ccc1n3-c1ccccc1. The van der Waals surface area contributed by atoms with Gasteiger partial charge < -0.3 is 4.57 Å². The maximum atomic E-state index is 2.55. The highest BCUT2D eigenvalue weighted by Gasteiger charge is 2.40. The van der Waals surface area contributed by atoms with Crippen LogP contribution in [0.4, 0.5) is 0 Å². The summed E-state index contributed by atoms with van der Waals surface area (Å²) >= 11 is 0. The molecule has 2 aliphatic carbocycles. The summed E-state index contributed by atoms with van der Waals surface area (Å²) in [5.41, 5.74) is 18.6. The van der Waals surface area contributed by atoms with E-state index in [1.54, 1.807) is 0 Å². The first-order valence-corrected chi connectivity index (χ1v) is 17.1. The molecule has 0 amide bonds. The van der Waals surface area contributed by atoms with Gasteiger partial charge in [-0.1, -0.05) is 123 Å². The van der Waals surface area contributed by atoms with Gasteiger partial charge >= 0.3 is 0 Å². The van der Waals surface area contributed by atoms with Gasteiger partial charge in [0.1, 0.15) is 0 Å².